The molecule has 0 aliphatic rings. The molecule has 0 unspecified atom stereocenters. The van der Waals surface area contributed by atoms with Gasteiger partial charge in [0, 0.05) is 11.8 Å². The highest BCUT2D eigenvalue weighted by molar-refractivity contribution is 5.88. The summed E-state index contributed by atoms with van der Waals surface area (Å²) in [4.78, 5) is 15.2. The largest absolute Gasteiger partial charge is 0.478 e. The van der Waals surface area contributed by atoms with Gasteiger partial charge in [0.2, 0.25) is 0 Å². The fourth-order valence-corrected chi connectivity index (χ4v) is 1.84. The first kappa shape index (κ1) is 14.9. The zero-order valence-corrected chi connectivity index (χ0v) is 11.6. The maximum atomic E-state index is 13.8. The van der Waals surface area contributed by atoms with E-state index in [1.807, 2.05) is 6.92 Å². The molecule has 110 valence electrons. The molecule has 6 heteroatoms. The molecule has 4 nitrogen and oxygen atoms in total. The average Bonchev–Trinajstić information content (AvgIpc) is 2.44. The smallest absolute Gasteiger partial charge is 0.335 e. The Balaban J connectivity index is 2.41. The molecule has 21 heavy (non-hydrogen) atoms. The molecule has 0 bridgehead atoms. The van der Waals surface area contributed by atoms with Gasteiger partial charge in [0.05, 0.1) is 11.3 Å². The molecule has 0 spiro atoms. The van der Waals surface area contributed by atoms with Crippen molar-refractivity contribution in [2.75, 3.05) is 5.32 Å². The van der Waals surface area contributed by atoms with Crippen molar-refractivity contribution in [2.24, 2.45) is 0 Å². The molecular weight excluding hydrogens is 278 g/mol. The SMILES string of the molecule is CCc1cc(C(=O)O)cc(Nc2cc(F)c(C)cc2F)n1. The first-order valence-electron chi connectivity index (χ1n) is 6.37. The van der Waals surface area contributed by atoms with Crippen LogP contribution in [0.3, 0.4) is 0 Å². The molecule has 0 saturated carbocycles. The number of carbonyl (C=O) groups is 1. The summed E-state index contributed by atoms with van der Waals surface area (Å²) >= 11 is 0. The quantitative estimate of drug-likeness (QED) is 0.902. The molecule has 2 N–H and O–H groups in total. The van der Waals surface area contributed by atoms with Crippen LogP contribution in [0, 0.1) is 18.6 Å². The highest BCUT2D eigenvalue weighted by Gasteiger charge is 2.11. The van der Waals surface area contributed by atoms with E-state index >= 15 is 0 Å². The monoisotopic (exact) mass is 292 g/mol. The number of hydrogen-bond acceptors (Lipinski definition) is 3. The minimum Gasteiger partial charge on any atom is -0.478 e. The van der Waals surface area contributed by atoms with Crippen molar-refractivity contribution in [1.29, 1.82) is 0 Å². The normalized spacial score (nSPS) is 10.5. The third kappa shape index (κ3) is 3.34. The zero-order chi connectivity index (χ0) is 15.6. The fraction of sp³-hybridized carbons (Fsp3) is 0.200. The summed E-state index contributed by atoms with van der Waals surface area (Å²) in [6, 6.07) is 4.81. The van der Waals surface area contributed by atoms with Crippen molar-refractivity contribution < 1.29 is 18.7 Å². The van der Waals surface area contributed by atoms with Crippen molar-refractivity contribution in [3.8, 4) is 0 Å². The highest BCUT2D eigenvalue weighted by atomic mass is 19.1. The number of rotatable bonds is 4. The van der Waals surface area contributed by atoms with E-state index in [9.17, 15) is 13.6 Å². The van der Waals surface area contributed by atoms with Crippen LogP contribution in [0.5, 0.6) is 0 Å². The molecule has 2 aromatic rings. The van der Waals surface area contributed by atoms with Gasteiger partial charge in [-0.05, 0) is 37.1 Å². The number of carboxylic acids is 1. The van der Waals surface area contributed by atoms with Crippen molar-refractivity contribution in [1.82, 2.24) is 4.98 Å². The molecule has 0 aliphatic carbocycles. The maximum Gasteiger partial charge on any atom is 0.335 e. The second-order valence-electron chi connectivity index (χ2n) is 4.60. The van der Waals surface area contributed by atoms with Gasteiger partial charge in [0.15, 0.2) is 0 Å². The summed E-state index contributed by atoms with van der Waals surface area (Å²) in [6.45, 7) is 3.28. The predicted octanol–water partition coefficient (Wildman–Crippen LogP) is 3.67. The lowest BCUT2D eigenvalue weighted by Crippen LogP contribution is -2.04. The summed E-state index contributed by atoms with van der Waals surface area (Å²) in [7, 11) is 0. The predicted molar refractivity (Wildman–Crippen MR) is 75.0 cm³/mol. The van der Waals surface area contributed by atoms with Gasteiger partial charge in [-0.2, -0.15) is 0 Å². The summed E-state index contributed by atoms with van der Waals surface area (Å²) < 4.78 is 27.3. The molecule has 2 rings (SSSR count). The van der Waals surface area contributed by atoms with Crippen LogP contribution in [0.1, 0.15) is 28.5 Å². The van der Waals surface area contributed by atoms with Gasteiger partial charge in [-0.1, -0.05) is 6.92 Å². The van der Waals surface area contributed by atoms with Crippen molar-refractivity contribution in [3.05, 3.63) is 52.7 Å². The third-order valence-corrected chi connectivity index (χ3v) is 3.00. The second-order valence-corrected chi connectivity index (χ2v) is 4.60. The van der Waals surface area contributed by atoms with Crippen molar-refractivity contribution in [3.63, 3.8) is 0 Å². The van der Waals surface area contributed by atoms with E-state index in [1.165, 1.54) is 19.1 Å². The van der Waals surface area contributed by atoms with Crippen molar-refractivity contribution in [2.45, 2.75) is 20.3 Å². The summed E-state index contributed by atoms with van der Waals surface area (Å²) in [5, 5.41) is 11.7. The molecule has 0 fully saturated rings. The van der Waals surface area contributed by atoms with Crippen molar-refractivity contribution >= 4 is 17.5 Å². The van der Waals surface area contributed by atoms with E-state index in [-0.39, 0.29) is 22.6 Å². The average molecular weight is 292 g/mol. The summed E-state index contributed by atoms with van der Waals surface area (Å²) in [5.41, 5.74) is 0.692. The van der Waals surface area contributed by atoms with E-state index in [2.05, 4.69) is 10.3 Å². The number of aryl methyl sites for hydroxylation is 2. The second kappa shape index (κ2) is 5.87. The lowest BCUT2D eigenvalue weighted by Gasteiger charge is -2.10. The lowest BCUT2D eigenvalue weighted by molar-refractivity contribution is 0.0696. The van der Waals surface area contributed by atoms with Crippen LogP contribution in [-0.4, -0.2) is 16.1 Å². The van der Waals surface area contributed by atoms with E-state index in [0.29, 0.717) is 12.1 Å². The van der Waals surface area contributed by atoms with Gasteiger partial charge in [-0.3, -0.25) is 0 Å². The Labute approximate surface area is 120 Å². The number of pyridine rings is 1. The molecule has 0 amide bonds. The summed E-state index contributed by atoms with van der Waals surface area (Å²) in [5.74, 6) is -2.13. The number of nitrogens with zero attached hydrogens (tertiary/aromatic N) is 1. The van der Waals surface area contributed by atoms with Crippen LogP contribution in [0.25, 0.3) is 0 Å². The van der Waals surface area contributed by atoms with Crippen LogP contribution in [0.15, 0.2) is 24.3 Å². The van der Waals surface area contributed by atoms with Crippen LogP contribution in [0.4, 0.5) is 20.3 Å². The molecule has 1 aromatic carbocycles. The minimum atomic E-state index is -1.11. The van der Waals surface area contributed by atoms with E-state index in [0.717, 1.165) is 12.1 Å². The molecule has 0 radical (unpaired) electrons. The number of benzene rings is 1. The molecule has 1 heterocycles. The Morgan fingerprint density at radius 2 is 1.95 bits per heavy atom. The van der Waals surface area contributed by atoms with Gasteiger partial charge in [-0.15, -0.1) is 0 Å². The highest BCUT2D eigenvalue weighted by Crippen LogP contribution is 2.23. The Bertz CT molecular complexity index is 702. The first-order chi connectivity index (χ1) is 9.90. The zero-order valence-electron chi connectivity index (χ0n) is 11.6. The Morgan fingerprint density at radius 1 is 1.24 bits per heavy atom. The van der Waals surface area contributed by atoms with Gasteiger partial charge in [0.1, 0.15) is 17.5 Å². The number of hydrogen-bond donors (Lipinski definition) is 2. The fourth-order valence-electron chi connectivity index (χ4n) is 1.84. The molecule has 0 saturated heterocycles. The Morgan fingerprint density at radius 3 is 2.57 bits per heavy atom. The van der Waals surface area contributed by atoms with Gasteiger partial charge in [0.25, 0.3) is 0 Å². The van der Waals surface area contributed by atoms with E-state index in [4.69, 9.17) is 5.11 Å². The Kier molecular flexibility index (Phi) is 4.16. The molecule has 0 atom stereocenters. The third-order valence-electron chi connectivity index (χ3n) is 3.00. The number of halogens is 2. The molecule has 0 aliphatic heterocycles. The topological polar surface area (TPSA) is 62.2 Å². The van der Waals surface area contributed by atoms with Gasteiger partial charge >= 0.3 is 5.97 Å². The van der Waals surface area contributed by atoms with Crippen LogP contribution in [-0.2, 0) is 6.42 Å². The number of carboxylic acid groups (broad SMARTS) is 1. The van der Waals surface area contributed by atoms with Gasteiger partial charge in [-0.25, -0.2) is 18.6 Å². The standard InChI is InChI=1S/C15H14F2N2O2/c1-3-10-5-9(15(20)21)6-14(18-10)19-13-7-11(16)8(2)4-12(13)17/h4-7H,3H2,1-2H3,(H,18,19)(H,20,21). The number of aromatic carboxylic acids is 1. The van der Waals surface area contributed by atoms with E-state index in [1.54, 1.807) is 0 Å². The number of aromatic nitrogens is 1. The Hall–Kier alpha value is -2.50. The summed E-state index contributed by atoms with van der Waals surface area (Å²) in [6.07, 6.45) is 0.528. The maximum absolute atomic E-state index is 13.8. The molecular formula is C15H14F2N2O2. The van der Waals surface area contributed by atoms with Crippen LogP contribution < -0.4 is 5.32 Å². The first-order valence-corrected chi connectivity index (χ1v) is 6.37. The number of anilines is 2. The molecule has 1 aromatic heterocycles. The van der Waals surface area contributed by atoms with Crippen LogP contribution >= 0.6 is 0 Å². The minimum absolute atomic E-state index is 0.0392. The van der Waals surface area contributed by atoms with Crippen LogP contribution in [0.2, 0.25) is 0 Å². The van der Waals surface area contributed by atoms with Gasteiger partial charge < -0.3 is 10.4 Å². The number of nitrogens with one attached hydrogen (secondary N) is 1. The lowest BCUT2D eigenvalue weighted by atomic mass is 10.2. The van der Waals surface area contributed by atoms with E-state index < -0.39 is 17.6 Å².